The van der Waals surface area contributed by atoms with Crippen LogP contribution in [0.5, 0.6) is 0 Å². The molecule has 0 aliphatic heterocycles. The van der Waals surface area contributed by atoms with E-state index in [-0.39, 0.29) is 11.8 Å². The van der Waals surface area contributed by atoms with Crippen molar-refractivity contribution in [1.82, 2.24) is 10.3 Å². The molecule has 0 saturated carbocycles. The zero-order chi connectivity index (χ0) is 14.4. The van der Waals surface area contributed by atoms with E-state index >= 15 is 0 Å². The van der Waals surface area contributed by atoms with E-state index in [2.05, 4.69) is 32.3 Å². The lowest BCUT2D eigenvalue weighted by Crippen LogP contribution is -2.30. The third-order valence-electron chi connectivity index (χ3n) is 2.69. The van der Waals surface area contributed by atoms with Crippen LogP contribution >= 0.6 is 15.9 Å². The first-order chi connectivity index (χ1) is 8.97. The molecule has 1 aromatic carbocycles. The van der Waals surface area contributed by atoms with Crippen LogP contribution in [0.3, 0.4) is 0 Å². The number of hydrogen-bond donors (Lipinski definition) is 2. The lowest BCUT2D eigenvalue weighted by molar-refractivity contribution is 0.0953. The largest absolute Gasteiger partial charge is 0.301 e. The molecule has 1 rings (SSSR count). The van der Waals surface area contributed by atoms with Gasteiger partial charge in [0.2, 0.25) is 0 Å². The number of hydrazine groups is 1. The zero-order valence-corrected chi connectivity index (χ0v) is 12.6. The third-order valence-corrected chi connectivity index (χ3v) is 3.43. The van der Waals surface area contributed by atoms with Crippen LogP contribution in [-0.4, -0.2) is 24.4 Å². The Morgan fingerprint density at radius 2 is 2.32 bits per heavy atom. The van der Waals surface area contributed by atoms with Gasteiger partial charge in [-0.3, -0.25) is 10.2 Å². The van der Waals surface area contributed by atoms with Crippen molar-refractivity contribution in [2.24, 2.45) is 11.8 Å². The Morgan fingerprint density at radius 1 is 1.63 bits per heavy atom. The number of nitriles is 1. The minimum absolute atomic E-state index is 0.00827. The molecular weight excluding hydrogens is 308 g/mol. The molecule has 0 saturated heterocycles. The summed E-state index contributed by atoms with van der Waals surface area (Å²) in [6.45, 7) is 3.30. The number of rotatable bonds is 5. The van der Waals surface area contributed by atoms with Crippen LogP contribution in [0.1, 0.15) is 22.8 Å². The topological polar surface area (TPSA) is 82.2 Å². The van der Waals surface area contributed by atoms with E-state index in [4.69, 9.17) is 11.1 Å². The molecule has 3 N–H and O–H groups in total. The average molecular weight is 325 g/mol. The summed E-state index contributed by atoms with van der Waals surface area (Å²) in [4.78, 5) is 13.4. The van der Waals surface area contributed by atoms with Gasteiger partial charge in [-0.25, -0.2) is 5.84 Å². The lowest BCUT2D eigenvalue weighted by atomic mass is 10.1. The van der Waals surface area contributed by atoms with Gasteiger partial charge < -0.3 is 4.90 Å². The Labute approximate surface area is 121 Å². The maximum atomic E-state index is 11.4. The Bertz CT molecular complexity index is 498. The van der Waals surface area contributed by atoms with Crippen molar-refractivity contribution in [2.75, 3.05) is 13.6 Å². The Kier molecular flexibility index (Phi) is 5.96. The van der Waals surface area contributed by atoms with E-state index in [1.807, 2.05) is 20.0 Å². The molecule has 6 heteroatoms. The van der Waals surface area contributed by atoms with Gasteiger partial charge in [0.1, 0.15) is 0 Å². The van der Waals surface area contributed by atoms with Crippen molar-refractivity contribution in [3.63, 3.8) is 0 Å². The van der Waals surface area contributed by atoms with Crippen LogP contribution in [0.2, 0.25) is 0 Å². The van der Waals surface area contributed by atoms with Gasteiger partial charge in [0.15, 0.2) is 0 Å². The second-order valence-corrected chi connectivity index (χ2v) is 5.36. The van der Waals surface area contributed by atoms with Crippen LogP contribution in [0, 0.1) is 17.2 Å². The molecular formula is C13H17BrN4O. The fourth-order valence-electron chi connectivity index (χ4n) is 1.76. The molecule has 1 unspecified atom stereocenters. The molecule has 0 heterocycles. The van der Waals surface area contributed by atoms with Crippen LogP contribution in [-0.2, 0) is 6.54 Å². The number of halogens is 1. The van der Waals surface area contributed by atoms with Gasteiger partial charge in [-0.15, -0.1) is 0 Å². The summed E-state index contributed by atoms with van der Waals surface area (Å²) in [7, 11) is 1.96. The Morgan fingerprint density at radius 3 is 2.84 bits per heavy atom. The molecule has 1 amide bonds. The number of nitrogens with two attached hydrogens (primary N) is 1. The minimum atomic E-state index is -0.321. The summed E-state index contributed by atoms with van der Waals surface area (Å²) in [5, 5.41) is 8.79. The first-order valence-electron chi connectivity index (χ1n) is 5.85. The van der Waals surface area contributed by atoms with Crippen molar-refractivity contribution < 1.29 is 4.79 Å². The quantitative estimate of drug-likeness (QED) is 0.490. The fourth-order valence-corrected chi connectivity index (χ4v) is 2.27. The number of nitrogens with zero attached hydrogens (tertiary/aromatic N) is 2. The normalized spacial score (nSPS) is 12.0. The smallest absolute Gasteiger partial charge is 0.265 e. The summed E-state index contributed by atoms with van der Waals surface area (Å²) in [5.74, 6) is 4.76. The number of benzene rings is 1. The SMILES string of the molecule is CC(C#N)CN(C)Cc1ccc(C(=O)NN)cc1Br. The molecule has 102 valence electrons. The van der Waals surface area contributed by atoms with E-state index < -0.39 is 0 Å². The van der Waals surface area contributed by atoms with E-state index in [1.165, 1.54) is 0 Å². The highest BCUT2D eigenvalue weighted by atomic mass is 79.9. The van der Waals surface area contributed by atoms with Crippen molar-refractivity contribution in [2.45, 2.75) is 13.5 Å². The average Bonchev–Trinajstić information content (AvgIpc) is 2.39. The minimum Gasteiger partial charge on any atom is -0.301 e. The van der Waals surface area contributed by atoms with Crippen molar-refractivity contribution in [3.8, 4) is 6.07 Å². The lowest BCUT2D eigenvalue weighted by Gasteiger charge is -2.18. The second kappa shape index (κ2) is 7.24. The van der Waals surface area contributed by atoms with E-state index in [0.29, 0.717) is 18.7 Å². The summed E-state index contributed by atoms with van der Waals surface area (Å²) in [6.07, 6.45) is 0. The number of carbonyl (C=O) groups excluding carboxylic acids is 1. The summed E-state index contributed by atoms with van der Waals surface area (Å²) in [6, 6.07) is 7.55. The van der Waals surface area contributed by atoms with Crippen molar-refractivity contribution >= 4 is 21.8 Å². The molecule has 0 aliphatic carbocycles. The van der Waals surface area contributed by atoms with Crippen LogP contribution in [0.4, 0.5) is 0 Å². The highest BCUT2D eigenvalue weighted by molar-refractivity contribution is 9.10. The van der Waals surface area contributed by atoms with Crippen LogP contribution in [0.15, 0.2) is 22.7 Å². The van der Waals surface area contributed by atoms with Gasteiger partial charge >= 0.3 is 0 Å². The monoisotopic (exact) mass is 324 g/mol. The summed E-state index contributed by atoms with van der Waals surface area (Å²) in [5.41, 5.74) is 3.66. The zero-order valence-electron chi connectivity index (χ0n) is 11.0. The van der Waals surface area contributed by atoms with Gasteiger partial charge in [0.25, 0.3) is 5.91 Å². The van der Waals surface area contributed by atoms with Crippen molar-refractivity contribution in [3.05, 3.63) is 33.8 Å². The number of nitrogen functional groups attached to an aromatic ring is 1. The molecule has 5 nitrogen and oxygen atoms in total. The van der Waals surface area contributed by atoms with Gasteiger partial charge in [-0.2, -0.15) is 5.26 Å². The van der Waals surface area contributed by atoms with E-state index in [0.717, 1.165) is 10.0 Å². The molecule has 0 aromatic heterocycles. The molecule has 0 spiro atoms. The third kappa shape index (κ3) is 4.63. The number of amides is 1. The summed E-state index contributed by atoms with van der Waals surface area (Å²) < 4.78 is 0.852. The Hall–Kier alpha value is -1.42. The molecule has 0 fully saturated rings. The number of hydrogen-bond acceptors (Lipinski definition) is 4. The van der Waals surface area contributed by atoms with E-state index in [9.17, 15) is 4.79 Å². The fraction of sp³-hybridized carbons (Fsp3) is 0.385. The van der Waals surface area contributed by atoms with Gasteiger partial charge in [-0.05, 0) is 31.7 Å². The predicted octanol–water partition coefficient (Wildman–Crippen LogP) is 1.64. The molecule has 0 radical (unpaired) electrons. The maximum absolute atomic E-state index is 11.4. The van der Waals surface area contributed by atoms with E-state index in [1.54, 1.807) is 12.1 Å². The molecule has 19 heavy (non-hydrogen) atoms. The number of nitrogens with one attached hydrogen (secondary N) is 1. The highest BCUT2D eigenvalue weighted by Crippen LogP contribution is 2.20. The number of carbonyl (C=O) groups is 1. The van der Waals surface area contributed by atoms with Gasteiger partial charge in [0.05, 0.1) is 12.0 Å². The van der Waals surface area contributed by atoms with Crippen LogP contribution in [0.25, 0.3) is 0 Å². The Balaban J connectivity index is 2.75. The first-order valence-corrected chi connectivity index (χ1v) is 6.64. The second-order valence-electron chi connectivity index (χ2n) is 4.51. The van der Waals surface area contributed by atoms with Crippen LogP contribution < -0.4 is 11.3 Å². The maximum Gasteiger partial charge on any atom is 0.265 e. The molecule has 1 atom stereocenters. The molecule has 0 aliphatic rings. The predicted molar refractivity (Wildman–Crippen MR) is 76.9 cm³/mol. The van der Waals surface area contributed by atoms with Crippen molar-refractivity contribution in [1.29, 1.82) is 5.26 Å². The van der Waals surface area contributed by atoms with Gasteiger partial charge in [0, 0.05) is 23.1 Å². The van der Waals surface area contributed by atoms with Gasteiger partial charge in [-0.1, -0.05) is 22.0 Å². The highest BCUT2D eigenvalue weighted by Gasteiger charge is 2.10. The summed E-state index contributed by atoms with van der Waals surface area (Å²) >= 11 is 3.44. The molecule has 0 bridgehead atoms. The standard InChI is InChI=1S/C13H17BrN4O/c1-9(6-15)7-18(2)8-11-4-3-10(5-12(11)14)13(19)17-16/h3-5,9H,7-8,16H2,1-2H3,(H,17,19). The molecule has 1 aromatic rings. The first kappa shape index (κ1) is 15.6.